The Morgan fingerprint density at radius 1 is 1.16 bits per heavy atom. The van der Waals surface area contributed by atoms with Gasteiger partial charge in [0, 0.05) is 24.3 Å². The molecule has 12 nitrogen and oxygen atoms in total. The lowest BCUT2D eigenvalue weighted by atomic mass is 10.1. The lowest BCUT2D eigenvalue weighted by molar-refractivity contribution is -0.122. The van der Waals surface area contributed by atoms with Crippen molar-refractivity contribution in [3.8, 4) is 0 Å². The predicted molar refractivity (Wildman–Crippen MR) is 147 cm³/mol. The molecule has 0 fully saturated rings. The Balaban J connectivity index is 1.69. The molecule has 6 N–H and O–H groups in total. The fourth-order valence-electron chi connectivity index (χ4n) is 3.32. The van der Waals surface area contributed by atoms with E-state index in [0.29, 0.717) is 12.0 Å². The summed E-state index contributed by atoms with van der Waals surface area (Å²) in [4.78, 5) is 46.4. The number of anilines is 1. The number of rotatable bonds is 13. The highest BCUT2D eigenvalue weighted by Crippen LogP contribution is 2.12. The summed E-state index contributed by atoms with van der Waals surface area (Å²) in [6.07, 6.45) is 4.87. The molecule has 3 rings (SSSR count). The smallest absolute Gasteiger partial charge is 0.275 e. The van der Waals surface area contributed by atoms with E-state index in [1.54, 1.807) is 35.7 Å². The van der Waals surface area contributed by atoms with E-state index in [1.807, 2.05) is 0 Å². The van der Waals surface area contributed by atoms with Crippen LogP contribution in [0.15, 0.2) is 75.4 Å². The number of thiazole rings is 1. The van der Waals surface area contributed by atoms with Gasteiger partial charge >= 0.3 is 0 Å². The van der Waals surface area contributed by atoms with Gasteiger partial charge in [-0.15, -0.1) is 11.3 Å². The van der Waals surface area contributed by atoms with E-state index in [2.05, 4.69) is 20.0 Å². The minimum atomic E-state index is -4.00. The van der Waals surface area contributed by atoms with Gasteiger partial charge in [0.2, 0.25) is 11.7 Å². The van der Waals surface area contributed by atoms with E-state index in [0.717, 1.165) is 21.3 Å². The van der Waals surface area contributed by atoms with E-state index in [9.17, 15) is 22.8 Å². The minimum absolute atomic E-state index is 0.0812. The second-order valence-electron chi connectivity index (χ2n) is 7.99. The maximum atomic E-state index is 12.9. The molecule has 2 heterocycles. The van der Waals surface area contributed by atoms with Crippen molar-refractivity contribution in [2.75, 3.05) is 11.3 Å². The molecule has 0 unspecified atom stereocenters. The first-order chi connectivity index (χ1) is 18.1. The molecule has 200 valence electrons. The highest BCUT2D eigenvalue weighted by atomic mass is 32.2. The molecular formula is C24H27N7O5S2. The van der Waals surface area contributed by atoms with Gasteiger partial charge in [0.15, 0.2) is 11.0 Å². The summed E-state index contributed by atoms with van der Waals surface area (Å²) in [5, 5.41) is 5.46. The third kappa shape index (κ3) is 8.67. The first-order valence-corrected chi connectivity index (χ1v) is 13.8. The molecule has 0 saturated heterocycles. The van der Waals surface area contributed by atoms with Crippen molar-refractivity contribution in [1.29, 1.82) is 0 Å². The van der Waals surface area contributed by atoms with Gasteiger partial charge in [-0.2, -0.15) is 0 Å². The Bertz CT molecular complexity index is 1460. The van der Waals surface area contributed by atoms with E-state index in [1.165, 1.54) is 30.6 Å². The molecule has 14 heteroatoms. The number of sulfonamides is 1. The van der Waals surface area contributed by atoms with Crippen LogP contribution in [0.5, 0.6) is 0 Å². The Morgan fingerprint density at radius 2 is 1.92 bits per heavy atom. The fourth-order valence-corrected chi connectivity index (χ4v) is 4.82. The monoisotopic (exact) mass is 557 g/mol. The highest BCUT2D eigenvalue weighted by Gasteiger charge is 2.24. The summed E-state index contributed by atoms with van der Waals surface area (Å²) in [7, 11) is -4.00. The molecule has 0 radical (unpaired) electrons. The van der Waals surface area contributed by atoms with Crippen molar-refractivity contribution >= 4 is 50.8 Å². The maximum absolute atomic E-state index is 12.9. The quantitative estimate of drug-likeness (QED) is 0.104. The van der Waals surface area contributed by atoms with Crippen LogP contribution in [-0.2, 0) is 21.4 Å². The molecule has 1 atom stereocenters. The van der Waals surface area contributed by atoms with Gasteiger partial charge in [-0.1, -0.05) is 30.3 Å². The minimum Gasteiger partial charge on any atom is -0.370 e. The van der Waals surface area contributed by atoms with Crippen LogP contribution in [0.2, 0.25) is 0 Å². The third-order valence-electron chi connectivity index (χ3n) is 5.07. The summed E-state index contributed by atoms with van der Waals surface area (Å²) in [5.74, 6) is -1.08. The van der Waals surface area contributed by atoms with Crippen LogP contribution in [0.25, 0.3) is 6.08 Å². The number of nitrogens with zero attached hydrogens (tertiary/aromatic N) is 3. The summed E-state index contributed by atoms with van der Waals surface area (Å²) in [6.45, 7) is -0.177. The molecule has 1 amide bonds. The second kappa shape index (κ2) is 13.3. The molecular weight excluding hydrogens is 530 g/mol. The largest absolute Gasteiger partial charge is 0.370 e. The third-order valence-corrected chi connectivity index (χ3v) is 6.85. The number of pyridine rings is 1. The lowest BCUT2D eigenvalue weighted by Gasteiger charge is -2.17. The number of hydrogen-bond acceptors (Lipinski definition) is 8. The highest BCUT2D eigenvalue weighted by molar-refractivity contribution is 7.95. The number of aromatic nitrogens is 2. The van der Waals surface area contributed by atoms with Crippen LogP contribution >= 0.6 is 11.3 Å². The van der Waals surface area contributed by atoms with Gasteiger partial charge in [0.1, 0.15) is 12.2 Å². The number of carbonyl (C=O) groups is 2. The van der Waals surface area contributed by atoms with Gasteiger partial charge in [-0.3, -0.25) is 24.1 Å². The van der Waals surface area contributed by atoms with Crippen molar-refractivity contribution in [3.63, 3.8) is 0 Å². The number of aliphatic imine (C=N–C) groups is 1. The topological polar surface area (TPSA) is 192 Å². The molecule has 0 aliphatic heterocycles. The number of Topliss-reactive ketones (excluding diaryl/α,β-unsaturated/α-hetero) is 1. The molecule has 3 aromatic rings. The number of guanidine groups is 1. The van der Waals surface area contributed by atoms with Crippen LogP contribution in [0, 0.1) is 0 Å². The van der Waals surface area contributed by atoms with Gasteiger partial charge in [-0.05, 0) is 36.6 Å². The zero-order chi connectivity index (χ0) is 27.5. The van der Waals surface area contributed by atoms with Crippen molar-refractivity contribution in [3.05, 3.63) is 86.6 Å². The molecule has 1 aromatic carbocycles. The summed E-state index contributed by atoms with van der Waals surface area (Å²) < 4.78 is 28.2. The van der Waals surface area contributed by atoms with Crippen molar-refractivity contribution in [2.24, 2.45) is 16.5 Å². The van der Waals surface area contributed by atoms with Gasteiger partial charge in [-0.25, -0.2) is 13.4 Å². The van der Waals surface area contributed by atoms with E-state index >= 15 is 0 Å². The number of nitrogens with one attached hydrogen (secondary N) is 2. The Hall–Kier alpha value is -4.30. The fraction of sp³-hybridized carbons (Fsp3) is 0.208. The predicted octanol–water partition coefficient (Wildman–Crippen LogP) is 1.14. The molecule has 0 spiro atoms. The number of hydrogen-bond donors (Lipinski definition) is 4. The first-order valence-electron chi connectivity index (χ1n) is 11.4. The number of benzene rings is 1. The zero-order valence-electron chi connectivity index (χ0n) is 20.2. The lowest BCUT2D eigenvalue weighted by Crippen LogP contribution is -2.43. The standard InChI is InChI=1S/C24H27N7O5S2/c25-24(26)28-11-4-8-18(21(33)22-27-12-14-37-22)29-20(32)16-31-13-5-9-19(23(31)34)30-38(35,36)15-10-17-6-2-1-3-7-17/h1-3,5-7,9-10,12-15,18,30H,4,8,11,16H2,(H,29,32)(H4,25,26,28)/t18-/m0/s1. The SMILES string of the molecule is NC(N)=NCCC[C@H](NC(=O)Cn1cccc(NS(=O)(=O)C=Cc2ccccc2)c1=O)C(=O)c1nccs1. The van der Waals surface area contributed by atoms with Crippen LogP contribution in [0.4, 0.5) is 5.69 Å². The van der Waals surface area contributed by atoms with E-state index < -0.39 is 34.1 Å². The number of carbonyl (C=O) groups excluding carboxylic acids is 2. The molecule has 0 saturated carbocycles. The molecule has 0 aliphatic rings. The number of amides is 1. The first kappa shape index (κ1) is 28.3. The second-order valence-corrected chi connectivity index (χ2v) is 10.4. The summed E-state index contributed by atoms with van der Waals surface area (Å²) >= 11 is 1.14. The average molecular weight is 558 g/mol. The molecule has 0 aliphatic carbocycles. The van der Waals surface area contributed by atoms with Crippen LogP contribution in [0.1, 0.15) is 28.2 Å². The Morgan fingerprint density at radius 3 is 2.61 bits per heavy atom. The van der Waals surface area contributed by atoms with Crippen LogP contribution < -0.4 is 27.1 Å². The molecule has 38 heavy (non-hydrogen) atoms. The Labute approximate surface area is 223 Å². The van der Waals surface area contributed by atoms with Gasteiger partial charge in [0.05, 0.1) is 11.4 Å². The zero-order valence-corrected chi connectivity index (χ0v) is 21.8. The van der Waals surface area contributed by atoms with Crippen LogP contribution in [0.3, 0.4) is 0 Å². The number of ketones is 1. The van der Waals surface area contributed by atoms with E-state index in [-0.39, 0.29) is 35.4 Å². The van der Waals surface area contributed by atoms with Gasteiger partial charge < -0.3 is 21.4 Å². The van der Waals surface area contributed by atoms with E-state index in [4.69, 9.17) is 11.5 Å². The number of nitrogens with two attached hydrogens (primary N) is 2. The van der Waals surface area contributed by atoms with Gasteiger partial charge in [0.25, 0.3) is 15.6 Å². The molecule has 0 bridgehead atoms. The van der Waals surface area contributed by atoms with Crippen molar-refractivity contribution in [2.45, 2.75) is 25.4 Å². The average Bonchev–Trinajstić information content (AvgIpc) is 3.42. The van der Waals surface area contributed by atoms with Crippen molar-refractivity contribution < 1.29 is 18.0 Å². The van der Waals surface area contributed by atoms with Crippen molar-refractivity contribution in [1.82, 2.24) is 14.9 Å². The summed E-state index contributed by atoms with van der Waals surface area (Å²) in [6, 6.07) is 10.6. The normalized spacial score (nSPS) is 12.1. The Kier molecular flexibility index (Phi) is 9.90. The molecule has 2 aromatic heterocycles. The summed E-state index contributed by atoms with van der Waals surface area (Å²) in [5.41, 5.74) is 10.4. The van der Waals surface area contributed by atoms with Crippen LogP contribution in [-0.4, -0.2) is 48.2 Å². The maximum Gasteiger partial charge on any atom is 0.275 e.